The van der Waals surface area contributed by atoms with Crippen LogP contribution in [0.1, 0.15) is 36.4 Å². The van der Waals surface area contributed by atoms with Crippen LogP contribution in [0.2, 0.25) is 0 Å². The number of nitrogen functional groups attached to an aromatic ring is 1. The molecule has 2 heterocycles. The van der Waals surface area contributed by atoms with Crippen molar-refractivity contribution in [3.63, 3.8) is 0 Å². The summed E-state index contributed by atoms with van der Waals surface area (Å²) in [6.07, 6.45) is 5.19. The van der Waals surface area contributed by atoms with Crippen LogP contribution >= 0.6 is 0 Å². The molecule has 26 heavy (non-hydrogen) atoms. The van der Waals surface area contributed by atoms with Crippen LogP contribution in [0.15, 0.2) is 36.5 Å². The third-order valence-electron chi connectivity index (χ3n) is 5.01. The van der Waals surface area contributed by atoms with Gasteiger partial charge in [0.15, 0.2) is 0 Å². The maximum absolute atomic E-state index is 9.61. The van der Waals surface area contributed by atoms with Crippen molar-refractivity contribution in [2.24, 2.45) is 0 Å². The maximum atomic E-state index is 9.61. The molecule has 0 spiro atoms. The van der Waals surface area contributed by atoms with E-state index in [-0.39, 0.29) is 5.82 Å². The Hall–Kier alpha value is -3.33. The van der Waals surface area contributed by atoms with Crippen molar-refractivity contribution in [2.75, 3.05) is 12.8 Å². The molecule has 3 aromatic rings. The minimum atomic E-state index is 0.286. The van der Waals surface area contributed by atoms with Crippen LogP contribution in [0.5, 0.6) is 5.75 Å². The van der Waals surface area contributed by atoms with Gasteiger partial charge in [0, 0.05) is 28.3 Å². The van der Waals surface area contributed by atoms with E-state index in [1.165, 1.54) is 6.42 Å². The van der Waals surface area contributed by atoms with E-state index in [0.717, 1.165) is 46.7 Å². The fourth-order valence-corrected chi connectivity index (χ4v) is 3.30. The lowest BCUT2D eigenvalue weighted by atomic mass is 9.81. The Morgan fingerprint density at radius 1 is 1.23 bits per heavy atom. The van der Waals surface area contributed by atoms with Gasteiger partial charge in [-0.2, -0.15) is 10.4 Å². The van der Waals surface area contributed by atoms with Gasteiger partial charge in [-0.1, -0.05) is 6.42 Å². The Bertz CT molecular complexity index is 980. The van der Waals surface area contributed by atoms with Crippen LogP contribution in [0.25, 0.3) is 22.4 Å². The number of hydrogen-bond acceptors (Lipinski definition) is 5. The summed E-state index contributed by atoms with van der Waals surface area (Å²) in [6.45, 7) is 0. The van der Waals surface area contributed by atoms with Gasteiger partial charge in [0.05, 0.1) is 19.0 Å². The average molecular weight is 345 g/mol. The van der Waals surface area contributed by atoms with Crippen LogP contribution in [-0.4, -0.2) is 22.3 Å². The Morgan fingerprint density at radius 2 is 2.00 bits per heavy atom. The van der Waals surface area contributed by atoms with E-state index in [4.69, 9.17) is 10.5 Å². The number of hydrogen-bond donors (Lipinski definition) is 2. The first-order valence-corrected chi connectivity index (χ1v) is 8.60. The summed E-state index contributed by atoms with van der Waals surface area (Å²) >= 11 is 0. The summed E-state index contributed by atoms with van der Waals surface area (Å²) in [5, 5.41) is 16.9. The molecular formula is C20H19N5O. The first kappa shape index (κ1) is 16.2. The van der Waals surface area contributed by atoms with E-state index in [1.54, 1.807) is 13.3 Å². The number of nitrogens with two attached hydrogens (primary N) is 1. The van der Waals surface area contributed by atoms with E-state index >= 15 is 0 Å². The molecule has 1 fully saturated rings. The second kappa shape index (κ2) is 6.52. The summed E-state index contributed by atoms with van der Waals surface area (Å²) in [7, 11) is 1.64. The molecule has 1 saturated carbocycles. The lowest BCUT2D eigenvalue weighted by Gasteiger charge is -2.25. The van der Waals surface area contributed by atoms with Crippen molar-refractivity contribution in [3.05, 3.63) is 47.8 Å². The smallest absolute Gasteiger partial charge is 0.142 e. The molecule has 4 rings (SSSR count). The van der Waals surface area contributed by atoms with Gasteiger partial charge < -0.3 is 10.5 Å². The maximum Gasteiger partial charge on any atom is 0.142 e. The van der Waals surface area contributed by atoms with Crippen molar-refractivity contribution in [3.8, 4) is 34.2 Å². The first-order valence-electron chi connectivity index (χ1n) is 8.60. The number of methoxy groups -OCH3 is 1. The Labute approximate surface area is 151 Å². The molecule has 0 atom stereocenters. The number of anilines is 1. The average Bonchev–Trinajstić information content (AvgIpc) is 3.09. The van der Waals surface area contributed by atoms with Crippen LogP contribution in [0.3, 0.4) is 0 Å². The highest BCUT2D eigenvalue weighted by atomic mass is 16.5. The Morgan fingerprint density at radius 3 is 2.62 bits per heavy atom. The van der Waals surface area contributed by atoms with E-state index in [9.17, 15) is 5.26 Å². The van der Waals surface area contributed by atoms with E-state index in [0.29, 0.717) is 11.5 Å². The van der Waals surface area contributed by atoms with Crippen LogP contribution in [0.4, 0.5) is 5.82 Å². The quantitative estimate of drug-likeness (QED) is 0.747. The number of nitrogens with one attached hydrogen (secondary N) is 1. The number of aromatic amines is 1. The second-order valence-corrected chi connectivity index (χ2v) is 6.48. The van der Waals surface area contributed by atoms with E-state index in [2.05, 4.69) is 21.3 Å². The molecule has 0 bridgehead atoms. The van der Waals surface area contributed by atoms with Crippen LogP contribution in [-0.2, 0) is 0 Å². The molecule has 1 aromatic carbocycles. The highest BCUT2D eigenvalue weighted by Crippen LogP contribution is 2.40. The van der Waals surface area contributed by atoms with Gasteiger partial charge in [-0.05, 0) is 43.2 Å². The molecule has 0 amide bonds. The molecule has 0 aliphatic heterocycles. The molecular weight excluding hydrogens is 326 g/mol. The number of benzene rings is 1. The monoisotopic (exact) mass is 345 g/mol. The second-order valence-electron chi connectivity index (χ2n) is 6.48. The summed E-state index contributed by atoms with van der Waals surface area (Å²) in [5.41, 5.74) is 10.9. The molecule has 3 N–H and O–H groups in total. The zero-order chi connectivity index (χ0) is 18.1. The van der Waals surface area contributed by atoms with Gasteiger partial charge in [0.25, 0.3) is 0 Å². The van der Waals surface area contributed by atoms with E-state index in [1.807, 2.05) is 30.3 Å². The fraction of sp³-hybridized carbons (Fsp3) is 0.250. The number of nitrogens with zero attached hydrogens (tertiary/aromatic N) is 3. The van der Waals surface area contributed by atoms with Crippen molar-refractivity contribution in [2.45, 2.75) is 25.2 Å². The molecule has 0 saturated heterocycles. The fourth-order valence-electron chi connectivity index (χ4n) is 3.30. The Kier molecular flexibility index (Phi) is 4.05. The Balaban J connectivity index is 1.84. The molecule has 6 nitrogen and oxygen atoms in total. The van der Waals surface area contributed by atoms with Crippen molar-refractivity contribution < 1.29 is 4.74 Å². The number of ether oxygens (including phenoxy) is 1. The van der Waals surface area contributed by atoms with Crippen LogP contribution < -0.4 is 10.5 Å². The van der Waals surface area contributed by atoms with Gasteiger partial charge in [-0.25, -0.2) is 4.98 Å². The van der Waals surface area contributed by atoms with Gasteiger partial charge in [0.1, 0.15) is 23.2 Å². The lowest BCUT2D eigenvalue weighted by Crippen LogP contribution is -2.12. The van der Waals surface area contributed by atoms with Crippen LogP contribution in [0, 0.1) is 11.3 Å². The minimum Gasteiger partial charge on any atom is -0.497 e. The molecule has 130 valence electrons. The highest BCUT2D eigenvalue weighted by molar-refractivity contribution is 5.85. The summed E-state index contributed by atoms with van der Waals surface area (Å²) in [6, 6.07) is 11.9. The molecule has 1 aliphatic rings. The van der Waals surface area contributed by atoms with Crippen molar-refractivity contribution in [1.82, 2.24) is 15.2 Å². The van der Waals surface area contributed by atoms with Gasteiger partial charge in [-0.3, -0.25) is 5.10 Å². The lowest BCUT2D eigenvalue weighted by molar-refractivity contribution is 0.411. The first-order chi connectivity index (χ1) is 12.7. The van der Waals surface area contributed by atoms with Crippen molar-refractivity contribution in [1.29, 1.82) is 5.26 Å². The molecule has 2 aromatic heterocycles. The third kappa shape index (κ3) is 2.68. The minimum absolute atomic E-state index is 0.286. The van der Waals surface area contributed by atoms with Gasteiger partial charge >= 0.3 is 0 Å². The third-order valence-corrected chi connectivity index (χ3v) is 5.01. The molecule has 0 unspecified atom stereocenters. The number of nitriles is 1. The standard InChI is InChI=1S/C20H19N5O/c1-26-14-7-5-13(6-8-14)19-17(11-23-25-19)15-9-18(12-3-2-4-12)24-20(22)16(15)10-21/h5-9,11-12H,2-4H2,1H3,(H2,22,24)(H,23,25). The number of H-pyrrole nitrogens is 1. The predicted octanol–water partition coefficient (Wildman–Crippen LogP) is 3.87. The molecule has 0 radical (unpaired) electrons. The summed E-state index contributed by atoms with van der Waals surface area (Å²) < 4.78 is 5.22. The van der Waals surface area contributed by atoms with E-state index < -0.39 is 0 Å². The summed E-state index contributed by atoms with van der Waals surface area (Å²) in [4.78, 5) is 4.47. The SMILES string of the molecule is COc1ccc(-c2[nH]ncc2-c2cc(C3CCC3)nc(N)c2C#N)cc1. The highest BCUT2D eigenvalue weighted by Gasteiger charge is 2.24. The predicted molar refractivity (Wildman–Crippen MR) is 99.5 cm³/mol. The summed E-state index contributed by atoms with van der Waals surface area (Å²) in [5.74, 6) is 1.50. The topological polar surface area (TPSA) is 101 Å². The number of pyridine rings is 1. The normalized spacial score (nSPS) is 13.8. The largest absolute Gasteiger partial charge is 0.497 e. The van der Waals surface area contributed by atoms with Gasteiger partial charge in [0.2, 0.25) is 0 Å². The number of rotatable bonds is 4. The number of aromatic nitrogens is 3. The molecule has 6 heteroatoms. The molecule has 1 aliphatic carbocycles. The zero-order valence-corrected chi connectivity index (χ0v) is 14.5. The van der Waals surface area contributed by atoms with Crippen molar-refractivity contribution >= 4 is 5.82 Å². The zero-order valence-electron chi connectivity index (χ0n) is 14.5. The van der Waals surface area contributed by atoms with Gasteiger partial charge in [-0.15, -0.1) is 0 Å².